The number of ether oxygens (including phenoxy) is 1. The summed E-state index contributed by atoms with van der Waals surface area (Å²) in [6, 6.07) is 11.1. The highest BCUT2D eigenvalue weighted by Gasteiger charge is 2.13. The van der Waals surface area contributed by atoms with Crippen LogP contribution < -0.4 is 10.1 Å². The minimum atomic E-state index is -0.419. The third-order valence-corrected chi connectivity index (χ3v) is 4.15. The summed E-state index contributed by atoms with van der Waals surface area (Å²) in [7, 11) is 0. The number of nitrogens with one attached hydrogen (secondary N) is 1. The first-order valence-corrected chi connectivity index (χ1v) is 8.82. The molecule has 26 heavy (non-hydrogen) atoms. The number of aryl methyl sites for hydroxylation is 1. The smallest absolute Gasteiger partial charge is 0.266 e. The molecule has 1 amide bonds. The van der Waals surface area contributed by atoms with Crippen LogP contribution in [-0.4, -0.2) is 17.1 Å². The molecule has 0 bridgehead atoms. The van der Waals surface area contributed by atoms with E-state index in [0.717, 1.165) is 35.7 Å². The Balaban J connectivity index is 2.19. The van der Waals surface area contributed by atoms with Crippen LogP contribution in [0.2, 0.25) is 0 Å². The lowest BCUT2D eigenvalue weighted by Gasteiger charge is -2.08. The van der Waals surface area contributed by atoms with Gasteiger partial charge in [-0.25, -0.2) is 0 Å². The van der Waals surface area contributed by atoms with Gasteiger partial charge in [0.05, 0.1) is 6.61 Å². The van der Waals surface area contributed by atoms with Gasteiger partial charge in [-0.3, -0.25) is 4.79 Å². The number of nitriles is 1. The Morgan fingerprint density at radius 2 is 1.96 bits per heavy atom. The van der Waals surface area contributed by atoms with Gasteiger partial charge in [0.2, 0.25) is 0 Å². The molecule has 0 spiro atoms. The van der Waals surface area contributed by atoms with Gasteiger partial charge >= 0.3 is 0 Å². The number of rotatable bonds is 7. The zero-order valence-corrected chi connectivity index (χ0v) is 15.8. The minimum absolute atomic E-state index is 0.0793. The van der Waals surface area contributed by atoms with Crippen molar-refractivity contribution in [2.24, 2.45) is 0 Å². The van der Waals surface area contributed by atoms with Crippen molar-refractivity contribution in [1.82, 2.24) is 4.57 Å². The van der Waals surface area contributed by atoms with E-state index in [1.165, 1.54) is 0 Å². The fourth-order valence-electron chi connectivity index (χ4n) is 2.85. The number of amides is 1. The van der Waals surface area contributed by atoms with Gasteiger partial charge in [-0.15, -0.1) is 0 Å². The van der Waals surface area contributed by atoms with Crippen molar-refractivity contribution in [2.45, 2.75) is 40.7 Å². The number of anilines is 1. The van der Waals surface area contributed by atoms with Crippen LogP contribution in [0.5, 0.6) is 5.75 Å². The molecular formula is C21H25N3O2. The van der Waals surface area contributed by atoms with Gasteiger partial charge in [0.1, 0.15) is 17.4 Å². The zero-order valence-electron chi connectivity index (χ0n) is 15.8. The van der Waals surface area contributed by atoms with Crippen LogP contribution in [0.4, 0.5) is 5.69 Å². The van der Waals surface area contributed by atoms with Gasteiger partial charge in [-0.1, -0.05) is 6.92 Å². The molecule has 0 saturated heterocycles. The van der Waals surface area contributed by atoms with Crippen molar-refractivity contribution >= 4 is 17.7 Å². The molecular weight excluding hydrogens is 326 g/mol. The lowest BCUT2D eigenvalue weighted by atomic mass is 10.1. The predicted octanol–water partition coefficient (Wildman–Crippen LogP) is 4.46. The standard InChI is InChI=1S/C21H25N3O2/c1-5-11-24-15(3)12-17(16(24)4)13-18(14-22)21(25)23-19-7-9-20(10-8-19)26-6-2/h7-10,12-13H,5-6,11H2,1-4H3,(H,23,25)/b18-13+. The molecule has 0 atom stereocenters. The monoisotopic (exact) mass is 351 g/mol. The highest BCUT2D eigenvalue weighted by molar-refractivity contribution is 6.09. The van der Waals surface area contributed by atoms with E-state index in [4.69, 9.17) is 4.74 Å². The summed E-state index contributed by atoms with van der Waals surface area (Å²) in [4.78, 5) is 12.4. The maximum absolute atomic E-state index is 12.4. The number of carbonyl (C=O) groups is 1. The molecule has 136 valence electrons. The molecule has 0 aliphatic heterocycles. The molecule has 0 fully saturated rings. The van der Waals surface area contributed by atoms with Crippen molar-refractivity contribution in [3.8, 4) is 11.8 Å². The second-order valence-corrected chi connectivity index (χ2v) is 6.06. The molecule has 1 aromatic carbocycles. The van der Waals surface area contributed by atoms with Crippen LogP contribution in [-0.2, 0) is 11.3 Å². The van der Waals surface area contributed by atoms with E-state index in [-0.39, 0.29) is 5.57 Å². The number of benzene rings is 1. The maximum Gasteiger partial charge on any atom is 0.266 e. The number of carbonyl (C=O) groups excluding carboxylic acids is 1. The van der Waals surface area contributed by atoms with E-state index in [1.807, 2.05) is 32.9 Å². The summed E-state index contributed by atoms with van der Waals surface area (Å²) in [5.74, 6) is 0.321. The van der Waals surface area contributed by atoms with Crippen molar-refractivity contribution in [3.63, 3.8) is 0 Å². The number of hydrogen-bond acceptors (Lipinski definition) is 3. The van der Waals surface area contributed by atoms with Crippen molar-refractivity contribution < 1.29 is 9.53 Å². The molecule has 5 nitrogen and oxygen atoms in total. The quantitative estimate of drug-likeness (QED) is 0.591. The lowest BCUT2D eigenvalue weighted by Crippen LogP contribution is -2.13. The van der Waals surface area contributed by atoms with Gasteiger partial charge in [0.25, 0.3) is 5.91 Å². The van der Waals surface area contributed by atoms with Crippen molar-refractivity contribution in [1.29, 1.82) is 5.26 Å². The van der Waals surface area contributed by atoms with E-state index in [0.29, 0.717) is 12.3 Å². The van der Waals surface area contributed by atoms with Crippen LogP contribution in [0, 0.1) is 25.2 Å². The second kappa shape index (κ2) is 8.91. The Bertz CT molecular complexity index is 839. The summed E-state index contributed by atoms with van der Waals surface area (Å²) < 4.78 is 7.58. The van der Waals surface area contributed by atoms with Gasteiger partial charge in [-0.05, 0) is 69.2 Å². The van der Waals surface area contributed by atoms with Crippen LogP contribution in [0.15, 0.2) is 35.9 Å². The average Bonchev–Trinajstić information content (AvgIpc) is 2.89. The van der Waals surface area contributed by atoms with E-state index in [9.17, 15) is 10.1 Å². The van der Waals surface area contributed by atoms with Crippen LogP contribution in [0.25, 0.3) is 6.08 Å². The summed E-state index contributed by atoms with van der Waals surface area (Å²) in [6.45, 7) is 9.59. The summed E-state index contributed by atoms with van der Waals surface area (Å²) >= 11 is 0. The number of nitrogens with zero attached hydrogens (tertiary/aromatic N) is 2. The Hall–Kier alpha value is -3.00. The molecule has 1 aromatic heterocycles. The van der Waals surface area contributed by atoms with Crippen LogP contribution in [0.3, 0.4) is 0 Å². The second-order valence-electron chi connectivity index (χ2n) is 6.06. The van der Waals surface area contributed by atoms with Gasteiger partial charge < -0.3 is 14.6 Å². The Labute approximate surface area is 154 Å². The van der Waals surface area contributed by atoms with Gasteiger partial charge in [0, 0.05) is 23.6 Å². The first-order valence-electron chi connectivity index (χ1n) is 8.82. The molecule has 2 aromatic rings. The molecule has 0 unspecified atom stereocenters. The fourth-order valence-corrected chi connectivity index (χ4v) is 2.85. The third-order valence-electron chi connectivity index (χ3n) is 4.15. The van der Waals surface area contributed by atoms with Crippen LogP contribution in [0.1, 0.15) is 37.2 Å². The molecule has 0 aliphatic rings. The van der Waals surface area contributed by atoms with E-state index >= 15 is 0 Å². The zero-order chi connectivity index (χ0) is 19.1. The van der Waals surface area contributed by atoms with E-state index in [1.54, 1.807) is 30.3 Å². The lowest BCUT2D eigenvalue weighted by molar-refractivity contribution is -0.112. The molecule has 0 saturated carbocycles. The highest BCUT2D eigenvalue weighted by Crippen LogP contribution is 2.20. The Morgan fingerprint density at radius 1 is 1.27 bits per heavy atom. The predicted molar refractivity (Wildman–Crippen MR) is 104 cm³/mol. The van der Waals surface area contributed by atoms with Gasteiger partial charge in [0.15, 0.2) is 0 Å². The Morgan fingerprint density at radius 3 is 2.54 bits per heavy atom. The normalized spacial score (nSPS) is 11.1. The third kappa shape index (κ3) is 4.54. The van der Waals surface area contributed by atoms with Crippen molar-refractivity contribution in [2.75, 3.05) is 11.9 Å². The number of hydrogen-bond donors (Lipinski definition) is 1. The average molecular weight is 351 g/mol. The van der Waals surface area contributed by atoms with E-state index in [2.05, 4.69) is 16.8 Å². The molecule has 0 aliphatic carbocycles. The highest BCUT2D eigenvalue weighted by atomic mass is 16.5. The summed E-state index contributed by atoms with van der Waals surface area (Å²) in [5, 5.41) is 12.2. The van der Waals surface area contributed by atoms with Gasteiger partial charge in [-0.2, -0.15) is 5.26 Å². The first-order chi connectivity index (χ1) is 12.5. The summed E-state index contributed by atoms with van der Waals surface area (Å²) in [6.07, 6.45) is 2.68. The molecule has 0 radical (unpaired) electrons. The molecule has 2 rings (SSSR count). The maximum atomic E-state index is 12.4. The summed E-state index contributed by atoms with van der Waals surface area (Å²) in [5.41, 5.74) is 3.78. The molecule has 5 heteroatoms. The minimum Gasteiger partial charge on any atom is -0.494 e. The fraction of sp³-hybridized carbons (Fsp3) is 0.333. The number of aromatic nitrogens is 1. The van der Waals surface area contributed by atoms with E-state index < -0.39 is 5.91 Å². The van der Waals surface area contributed by atoms with Crippen LogP contribution >= 0.6 is 0 Å². The van der Waals surface area contributed by atoms with Crippen molar-refractivity contribution in [3.05, 3.63) is 52.9 Å². The SMILES string of the molecule is CCCn1c(C)cc(/C=C(\C#N)C(=O)Nc2ccc(OCC)cc2)c1C. The first kappa shape index (κ1) is 19.3. The largest absolute Gasteiger partial charge is 0.494 e. The molecule has 1 N–H and O–H groups in total. The Kier molecular flexibility index (Phi) is 6.62. The topological polar surface area (TPSA) is 67.0 Å². The molecule has 1 heterocycles.